The number of halogens is 1. The first-order chi connectivity index (χ1) is 6.83. The van der Waals surface area contributed by atoms with E-state index in [2.05, 4.69) is 0 Å². The minimum Gasteiger partial charge on any atom is -1.00 e. The second-order valence-corrected chi connectivity index (χ2v) is 2.85. The summed E-state index contributed by atoms with van der Waals surface area (Å²) in [6.45, 7) is 0.542. The van der Waals surface area contributed by atoms with E-state index in [-0.39, 0.29) is 42.7 Å². The quantitative estimate of drug-likeness (QED) is 0.352. The summed E-state index contributed by atoms with van der Waals surface area (Å²) in [6.07, 6.45) is 4.09. The normalized spacial score (nSPS) is 9.13. The van der Waals surface area contributed by atoms with Crippen LogP contribution in [-0.2, 0) is 16.1 Å². The van der Waals surface area contributed by atoms with Crippen LogP contribution in [0, 0.1) is 0 Å². The average molecular weight is 276 g/mol. The van der Waals surface area contributed by atoms with Crippen LogP contribution in [0.1, 0.15) is 6.42 Å². The third kappa shape index (κ3) is 6.19. The van der Waals surface area contributed by atoms with E-state index in [1.807, 2.05) is 18.2 Å². The van der Waals surface area contributed by atoms with Gasteiger partial charge in [-0.25, -0.2) is 4.79 Å². The van der Waals surface area contributed by atoms with Crippen LogP contribution in [-0.4, -0.2) is 24.3 Å². The number of aromatic nitrogens is 1. The molecule has 1 heterocycles. The van der Waals surface area contributed by atoms with Crippen molar-refractivity contribution in [2.75, 3.05) is 13.2 Å². The summed E-state index contributed by atoms with van der Waals surface area (Å²) in [7, 11) is 0. The zero-order valence-electron chi connectivity index (χ0n) is 8.30. The number of esters is 1. The van der Waals surface area contributed by atoms with Crippen molar-refractivity contribution in [3.05, 3.63) is 30.6 Å². The Morgan fingerprint density at radius 3 is 2.53 bits per heavy atom. The molecule has 0 aliphatic heterocycles. The first-order valence-corrected chi connectivity index (χ1v) is 4.53. The number of hydrogen-bond donors (Lipinski definition) is 1. The van der Waals surface area contributed by atoms with Crippen molar-refractivity contribution in [1.82, 2.24) is 0 Å². The van der Waals surface area contributed by atoms with Gasteiger partial charge in [0.1, 0.15) is 0 Å². The van der Waals surface area contributed by atoms with Crippen molar-refractivity contribution >= 4 is 5.97 Å². The van der Waals surface area contributed by atoms with Crippen molar-refractivity contribution in [3.63, 3.8) is 0 Å². The summed E-state index contributed by atoms with van der Waals surface area (Å²) < 4.78 is 6.60. The lowest BCUT2D eigenvalue weighted by molar-refractivity contribution is -0.686. The highest BCUT2D eigenvalue weighted by Crippen LogP contribution is 1.84. The number of aliphatic hydroxyl groups is 1. The van der Waals surface area contributed by atoms with Crippen molar-refractivity contribution in [2.24, 2.45) is 0 Å². The molecule has 0 aliphatic rings. The van der Waals surface area contributed by atoms with Gasteiger partial charge in [0.05, 0.1) is 6.61 Å². The highest BCUT2D eigenvalue weighted by Gasteiger charge is 2.08. The lowest BCUT2D eigenvalue weighted by Gasteiger charge is -2.00. The van der Waals surface area contributed by atoms with Gasteiger partial charge in [-0.05, 0) is 0 Å². The van der Waals surface area contributed by atoms with Gasteiger partial charge in [-0.2, -0.15) is 4.57 Å². The molecule has 0 spiro atoms. The number of nitrogens with zero attached hydrogens (tertiary/aromatic N) is 1. The number of rotatable bonds is 5. The van der Waals surface area contributed by atoms with E-state index in [0.717, 1.165) is 0 Å². The molecule has 5 heteroatoms. The Balaban J connectivity index is 0.00000196. The van der Waals surface area contributed by atoms with Gasteiger partial charge in [-0.3, -0.25) is 0 Å². The van der Waals surface area contributed by atoms with Crippen LogP contribution in [0.5, 0.6) is 0 Å². The first kappa shape index (κ1) is 14.1. The molecule has 1 rings (SSSR count). The third-order valence-corrected chi connectivity index (χ3v) is 1.65. The fourth-order valence-corrected chi connectivity index (χ4v) is 0.985. The number of ether oxygens (including phenoxy) is 1. The summed E-state index contributed by atoms with van der Waals surface area (Å²) in [4.78, 5) is 11.2. The maximum Gasteiger partial charge on any atom is 0.372 e. The molecule has 1 N–H and O–H groups in total. The minimum atomic E-state index is -0.283. The monoisotopic (exact) mass is 275 g/mol. The van der Waals surface area contributed by atoms with E-state index >= 15 is 0 Å². The smallest absolute Gasteiger partial charge is 0.372 e. The highest BCUT2D eigenvalue weighted by atomic mass is 79.9. The largest absolute Gasteiger partial charge is 1.00 e. The summed E-state index contributed by atoms with van der Waals surface area (Å²) in [5.41, 5.74) is 0. The second kappa shape index (κ2) is 8.38. The summed E-state index contributed by atoms with van der Waals surface area (Å²) in [6, 6.07) is 5.58. The molecule has 1 aromatic rings. The standard InChI is InChI=1S/C10H14NO3.BrH/c12-7-4-8-14-10(13)9-11-5-2-1-3-6-11;/h1-3,5-6,12H,4,7-9H2;1H/q+1;/p-1. The number of hydrogen-bond acceptors (Lipinski definition) is 3. The fourth-order valence-electron chi connectivity index (χ4n) is 0.985. The van der Waals surface area contributed by atoms with Gasteiger partial charge in [0.25, 0.3) is 0 Å². The molecule has 0 atom stereocenters. The van der Waals surface area contributed by atoms with Gasteiger partial charge in [0.15, 0.2) is 12.4 Å². The first-order valence-electron chi connectivity index (χ1n) is 4.53. The molecule has 1 aromatic heterocycles. The molecule has 0 unspecified atom stereocenters. The maximum absolute atomic E-state index is 11.2. The Morgan fingerprint density at radius 2 is 1.93 bits per heavy atom. The molecule has 0 radical (unpaired) electrons. The maximum atomic E-state index is 11.2. The number of aliphatic hydroxyl groups excluding tert-OH is 1. The predicted molar refractivity (Wildman–Crippen MR) is 49.3 cm³/mol. The summed E-state index contributed by atoms with van der Waals surface area (Å²) in [5.74, 6) is -0.283. The predicted octanol–water partition coefficient (Wildman–Crippen LogP) is -3.10. The van der Waals surface area contributed by atoms with Crippen molar-refractivity contribution < 1.29 is 36.2 Å². The van der Waals surface area contributed by atoms with Gasteiger partial charge < -0.3 is 26.8 Å². The van der Waals surface area contributed by atoms with Crippen molar-refractivity contribution in [2.45, 2.75) is 13.0 Å². The number of carbonyl (C=O) groups is 1. The molecule has 0 saturated heterocycles. The van der Waals surface area contributed by atoms with Crippen LogP contribution in [0.2, 0.25) is 0 Å². The van der Waals surface area contributed by atoms with Gasteiger partial charge in [0, 0.05) is 25.2 Å². The van der Waals surface area contributed by atoms with Crippen LogP contribution in [0.4, 0.5) is 0 Å². The van der Waals surface area contributed by atoms with Crippen molar-refractivity contribution in [3.8, 4) is 0 Å². The Kier molecular flexibility index (Phi) is 7.85. The van der Waals surface area contributed by atoms with Gasteiger partial charge in [-0.15, -0.1) is 0 Å². The topological polar surface area (TPSA) is 50.4 Å². The van der Waals surface area contributed by atoms with E-state index in [1.54, 1.807) is 17.0 Å². The fraction of sp³-hybridized carbons (Fsp3) is 0.400. The lowest BCUT2D eigenvalue weighted by Crippen LogP contribution is -3.00. The number of pyridine rings is 1. The summed E-state index contributed by atoms with van der Waals surface area (Å²) >= 11 is 0. The van der Waals surface area contributed by atoms with Crippen LogP contribution in [0.25, 0.3) is 0 Å². The van der Waals surface area contributed by atoms with E-state index in [0.29, 0.717) is 6.42 Å². The molecule has 15 heavy (non-hydrogen) atoms. The molecular weight excluding hydrogens is 262 g/mol. The number of carbonyl (C=O) groups excluding carboxylic acids is 1. The average Bonchev–Trinajstić information content (AvgIpc) is 2.20. The Labute approximate surface area is 99.3 Å². The molecule has 0 bridgehead atoms. The second-order valence-electron chi connectivity index (χ2n) is 2.85. The minimum absolute atomic E-state index is 0. The Morgan fingerprint density at radius 1 is 1.27 bits per heavy atom. The molecule has 4 nitrogen and oxygen atoms in total. The van der Waals surface area contributed by atoms with Crippen LogP contribution >= 0.6 is 0 Å². The van der Waals surface area contributed by atoms with Crippen LogP contribution in [0.3, 0.4) is 0 Å². The zero-order chi connectivity index (χ0) is 10.2. The van der Waals surface area contributed by atoms with E-state index < -0.39 is 0 Å². The van der Waals surface area contributed by atoms with E-state index in [1.165, 1.54) is 0 Å². The van der Waals surface area contributed by atoms with E-state index in [9.17, 15) is 4.79 Å². The molecule has 84 valence electrons. The molecule has 0 fully saturated rings. The van der Waals surface area contributed by atoms with Gasteiger partial charge >= 0.3 is 5.97 Å². The third-order valence-electron chi connectivity index (χ3n) is 1.65. The molecular formula is C10H14BrNO3. The van der Waals surface area contributed by atoms with Crippen molar-refractivity contribution in [1.29, 1.82) is 0 Å². The molecule has 0 aromatic carbocycles. The van der Waals surface area contributed by atoms with E-state index in [4.69, 9.17) is 9.84 Å². The summed E-state index contributed by atoms with van der Waals surface area (Å²) in [5, 5.41) is 8.47. The van der Waals surface area contributed by atoms with Crippen LogP contribution < -0.4 is 21.5 Å². The SMILES string of the molecule is O=C(C[n+]1ccccc1)OCCCO.[Br-]. The Hall–Kier alpha value is -0.940. The molecule has 0 saturated carbocycles. The van der Waals surface area contributed by atoms with Crippen LogP contribution in [0.15, 0.2) is 30.6 Å². The molecule has 0 amide bonds. The lowest BCUT2D eigenvalue weighted by atomic mass is 10.4. The highest BCUT2D eigenvalue weighted by molar-refractivity contribution is 5.67. The molecule has 0 aliphatic carbocycles. The van der Waals surface area contributed by atoms with Gasteiger partial charge in [-0.1, -0.05) is 6.07 Å². The Bertz CT molecular complexity index is 279. The zero-order valence-corrected chi connectivity index (χ0v) is 9.89. The van der Waals surface area contributed by atoms with Gasteiger partial charge in [0.2, 0.25) is 6.54 Å².